The van der Waals surface area contributed by atoms with Gasteiger partial charge in [-0.2, -0.15) is 0 Å². The van der Waals surface area contributed by atoms with Crippen LogP contribution in [0.4, 0.5) is 5.13 Å². The van der Waals surface area contributed by atoms with Crippen LogP contribution < -0.4 is 21.4 Å². The van der Waals surface area contributed by atoms with Crippen LogP contribution in [0.25, 0.3) is 11.5 Å². The number of nitrogens with two attached hydrogens (primary N) is 1. The van der Waals surface area contributed by atoms with Gasteiger partial charge in [-0.15, -0.1) is 0 Å². The molecule has 0 bridgehead atoms. The van der Waals surface area contributed by atoms with Crippen molar-refractivity contribution in [1.82, 2.24) is 15.2 Å². The SMILES string of the molecule is CCOC(=O)C(C)(C)NP(=O)(NC(C)(C)C1OC(C)O1)c1ccc(-c2nc(N)sc2C(=O)C(C)(C)C)o1. The normalized spacial score (nSPS) is 20.2. The van der Waals surface area contributed by atoms with Crippen molar-refractivity contribution in [3.63, 3.8) is 0 Å². The number of ether oxygens (including phenoxy) is 3. The molecule has 1 aliphatic rings. The minimum atomic E-state index is -3.88. The maximum absolute atomic E-state index is 14.6. The van der Waals surface area contributed by atoms with Crippen LogP contribution in [0, 0.1) is 5.41 Å². The highest BCUT2D eigenvalue weighted by molar-refractivity contribution is 7.67. The molecule has 206 valence electrons. The minimum Gasteiger partial charge on any atom is -0.465 e. The summed E-state index contributed by atoms with van der Waals surface area (Å²) in [5, 5.41) is 6.21. The Kier molecular flexibility index (Phi) is 8.16. The predicted molar refractivity (Wildman–Crippen MR) is 142 cm³/mol. The van der Waals surface area contributed by atoms with Crippen molar-refractivity contribution in [1.29, 1.82) is 0 Å². The molecule has 1 unspecified atom stereocenters. The summed E-state index contributed by atoms with van der Waals surface area (Å²) >= 11 is 1.07. The van der Waals surface area contributed by atoms with E-state index in [1.54, 1.807) is 68.4 Å². The molecule has 1 aliphatic heterocycles. The van der Waals surface area contributed by atoms with Gasteiger partial charge in [0.1, 0.15) is 16.1 Å². The average molecular weight is 557 g/mol. The number of rotatable bonds is 10. The van der Waals surface area contributed by atoms with Crippen LogP contribution in [-0.2, 0) is 23.6 Å². The number of nitrogens with zero attached hydrogens (tertiary/aromatic N) is 1. The van der Waals surface area contributed by atoms with Gasteiger partial charge in [-0.1, -0.05) is 32.1 Å². The van der Waals surface area contributed by atoms with Crippen molar-refractivity contribution < 1.29 is 32.8 Å². The number of hydrogen-bond donors (Lipinski definition) is 3. The standard InChI is InChI=1S/C24H37N4O7PS/c1-10-32-19(30)23(6,7)27-36(31,28-24(8,9)20-33-13(2)34-20)15-12-11-14(35-15)16-17(37-21(25)26-16)18(29)22(3,4)5/h11-13,20H,10H2,1-9H3,(H2,25,26)(H2,27,28,31). The van der Waals surface area contributed by atoms with Gasteiger partial charge >= 0.3 is 5.97 Å². The van der Waals surface area contributed by atoms with Crippen LogP contribution in [0.2, 0.25) is 0 Å². The third-order valence-corrected chi connectivity index (χ3v) is 9.06. The highest BCUT2D eigenvalue weighted by atomic mass is 32.1. The Morgan fingerprint density at radius 1 is 1.14 bits per heavy atom. The lowest BCUT2D eigenvalue weighted by molar-refractivity contribution is -0.393. The van der Waals surface area contributed by atoms with Gasteiger partial charge in [-0.3, -0.25) is 14.2 Å². The van der Waals surface area contributed by atoms with E-state index >= 15 is 0 Å². The second kappa shape index (κ2) is 10.2. The number of furan rings is 1. The van der Waals surface area contributed by atoms with E-state index in [9.17, 15) is 14.2 Å². The molecular weight excluding hydrogens is 519 g/mol. The molecule has 13 heteroatoms. The molecule has 3 heterocycles. The van der Waals surface area contributed by atoms with Crippen molar-refractivity contribution in [2.45, 2.75) is 86.0 Å². The van der Waals surface area contributed by atoms with Gasteiger partial charge in [-0.25, -0.2) is 15.2 Å². The maximum atomic E-state index is 14.6. The predicted octanol–water partition coefficient (Wildman–Crippen LogP) is 4.05. The minimum absolute atomic E-state index is 0.0149. The van der Waals surface area contributed by atoms with Crippen molar-refractivity contribution >= 4 is 41.2 Å². The molecule has 37 heavy (non-hydrogen) atoms. The topological polar surface area (TPSA) is 155 Å². The number of Topliss-reactive ketones (excluding diaryl/α,β-unsaturated/α-hetero) is 1. The van der Waals surface area contributed by atoms with E-state index in [1.165, 1.54) is 6.07 Å². The van der Waals surface area contributed by atoms with Crippen molar-refractivity contribution in [2.75, 3.05) is 12.3 Å². The summed E-state index contributed by atoms with van der Waals surface area (Å²) in [5.74, 6) is -0.514. The molecule has 4 N–H and O–H groups in total. The zero-order valence-corrected chi connectivity index (χ0v) is 24.5. The molecule has 0 radical (unpaired) electrons. The highest BCUT2D eigenvalue weighted by Crippen LogP contribution is 2.45. The Hall–Kier alpha value is -2.08. The third kappa shape index (κ3) is 6.32. The number of aromatic nitrogens is 1. The van der Waals surface area contributed by atoms with Crippen LogP contribution in [0.1, 0.15) is 72.0 Å². The van der Waals surface area contributed by atoms with Crippen LogP contribution >= 0.6 is 18.8 Å². The van der Waals surface area contributed by atoms with Crippen LogP contribution in [0.15, 0.2) is 16.5 Å². The van der Waals surface area contributed by atoms with Crippen molar-refractivity contribution in [2.24, 2.45) is 5.41 Å². The summed E-state index contributed by atoms with van der Waals surface area (Å²) < 4.78 is 37.1. The second-order valence-electron chi connectivity index (χ2n) is 11.0. The number of esters is 1. The zero-order valence-electron chi connectivity index (χ0n) is 22.8. The van der Waals surface area contributed by atoms with E-state index in [0.717, 1.165) is 11.3 Å². The molecule has 0 aliphatic carbocycles. The lowest BCUT2D eigenvalue weighted by Crippen LogP contribution is -2.61. The number of nitrogens with one attached hydrogen (secondary N) is 2. The van der Waals surface area contributed by atoms with E-state index in [-0.39, 0.29) is 34.5 Å². The third-order valence-electron chi connectivity index (χ3n) is 5.55. The van der Waals surface area contributed by atoms with Gasteiger partial charge in [0.2, 0.25) is 0 Å². The first-order valence-corrected chi connectivity index (χ1v) is 14.5. The molecule has 1 saturated heterocycles. The summed E-state index contributed by atoms with van der Waals surface area (Å²) in [6, 6.07) is 3.08. The smallest absolute Gasteiger partial charge is 0.326 e. The van der Waals surface area contributed by atoms with E-state index in [0.29, 0.717) is 4.88 Å². The van der Waals surface area contributed by atoms with Crippen LogP contribution in [-0.4, -0.2) is 47.0 Å². The fraction of sp³-hybridized carbons (Fsp3) is 0.625. The summed E-state index contributed by atoms with van der Waals surface area (Å²) in [7, 11) is -3.88. The number of anilines is 1. The first-order chi connectivity index (χ1) is 16.9. The molecule has 0 aromatic carbocycles. The Bertz CT molecular complexity index is 1210. The summed E-state index contributed by atoms with van der Waals surface area (Å²) in [6.07, 6.45) is -1.08. The highest BCUT2D eigenvalue weighted by Gasteiger charge is 2.48. The Labute approximate surface area is 221 Å². The lowest BCUT2D eigenvalue weighted by Gasteiger charge is -2.45. The van der Waals surface area contributed by atoms with Crippen molar-refractivity contribution in [3.05, 3.63) is 17.0 Å². The average Bonchev–Trinajstić information content (AvgIpc) is 3.36. The Morgan fingerprint density at radius 2 is 1.76 bits per heavy atom. The molecule has 2 aromatic heterocycles. The van der Waals surface area contributed by atoms with Gasteiger partial charge < -0.3 is 24.4 Å². The van der Waals surface area contributed by atoms with Gasteiger partial charge in [-0.05, 0) is 53.7 Å². The molecule has 1 fully saturated rings. The second-order valence-corrected chi connectivity index (χ2v) is 14.2. The van der Waals surface area contributed by atoms with Gasteiger partial charge in [0.25, 0.3) is 7.44 Å². The summed E-state index contributed by atoms with van der Waals surface area (Å²) in [6.45, 7) is 15.7. The summed E-state index contributed by atoms with van der Waals surface area (Å²) in [5.41, 5.74) is 3.24. The molecule has 3 rings (SSSR count). The van der Waals surface area contributed by atoms with Gasteiger partial charge in [0, 0.05) is 5.41 Å². The Morgan fingerprint density at radius 3 is 2.30 bits per heavy atom. The number of nitrogen functional groups attached to an aromatic ring is 1. The van der Waals surface area contributed by atoms with Crippen LogP contribution in [0.3, 0.4) is 0 Å². The van der Waals surface area contributed by atoms with Gasteiger partial charge in [0.05, 0.1) is 12.1 Å². The first kappa shape index (κ1) is 29.5. The van der Waals surface area contributed by atoms with E-state index < -0.39 is 42.5 Å². The molecule has 0 saturated carbocycles. The molecular formula is C24H37N4O7PS. The fourth-order valence-corrected chi connectivity index (χ4v) is 7.24. The molecule has 11 nitrogen and oxygen atoms in total. The number of thiazole rings is 1. The first-order valence-electron chi connectivity index (χ1n) is 12.0. The summed E-state index contributed by atoms with van der Waals surface area (Å²) in [4.78, 5) is 30.4. The molecule has 0 amide bonds. The maximum Gasteiger partial charge on any atom is 0.326 e. The van der Waals surface area contributed by atoms with Crippen molar-refractivity contribution in [3.8, 4) is 11.5 Å². The monoisotopic (exact) mass is 556 g/mol. The fourth-order valence-electron chi connectivity index (χ4n) is 3.67. The zero-order chi connectivity index (χ0) is 28.0. The quantitative estimate of drug-likeness (QED) is 0.220. The number of hydrogen-bond acceptors (Lipinski definition) is 10. The van der Waals surface area contributed by atoms with Gasteiger partial charge in [0.15, 0.2) is 34.8 Å². The molecule has 2 aromatic rings. The lowest BCUT2D eigenvalue weighted by atomic mass is 9.89. The Balaban J connectivity index is 2.04. The van der Waals surface area contributed by atoms with Crippen LogP contribution in [0.5, 0.6) is 0 Å². The number of carbonyl (C=O) groups is 2. The number of ketones is 1. The van der Waals surface area contributed by atoms with E-state index in [2.05, 4.69) is 15.2 Å². The largest absolute Gasteiger partial charge is 0.465 e. The molecule has 1 atom stereocenters. The molecule has 0 spiro atoms. The van der Waals surface area contributed by atoms with E-state index in [4.69, 9.17) is 24.4 Å². The number of carbonyl (C=O) groups excluding carboxylic acids is 2. The van der Waals surface area contributed by atoms with E-state index in [1.807, 2.05) is 0 Å².